The van der Waals surface area contributed by atoms with Crippen LogP contribution in [0.15, 0.2) is 30.3 Å². The van der Waals surface area contributed by atoms with Crippen molar-refractivity contribution < 1.29 is 4.79 Å². The van der Waals surface area contributed by atoms with Crippen LogP contribution < -0.4 is 5.32 Å². The van der Waals surface area contributed by atoms with Crippen LogP contribution in [0, 0.1) is 0 Å². The van der Waals surface area contributed by atoms with Gasteiger partial charge in [-0.05, 0) is 25.0 Å². The Hall–Kier alpha value is -1.51. The van der Waals surface area contributed by atoms with Crippen LogP contribution in [0.3, 0.4) is 0 Å². The van der Waals surface area contributed by atoms with E-state index in [0.29, 0.717) is 12.6 Å². The van der Waals surface area contributed by atoms with Crippen molar-refractivity contribution in [3.63, 3.8) is 0 Å². The van der Waals surface area contributed by atoms with Gasteiger partial charge in [-0.1, -0.05) is 31.0 Å². The van der Waals surface area contributed by atoms with E-state index in [1.807, 2.05) is 42.3 Å². The van der Waals surface area contributed by atoms with Crippen molar-refractivity contribution in [2.75, 3.05) is 18.9 Å². The third-order valence-corrected chi connectivity index (χ3v) is 3.48. The Balaban J connectivity index is 1.80. The summed E-state index contributed by atoms with van der Waals surface area (Å²) < 4.78 is 0. The number of anilines is 1. The highest BCUT2D eigenvalue weighted by molar-refractivity contribution is 5.80. The Bertz CT molecular complexity index is 358. The van der Waals surface area contributed by atoms with Gasteiger partial charge in [0.1, 0.15) is 0 Å². The van der Waals surface area contributed by atoms with Crippen LogP contribution >= 0.6 is 0 Å². The number of nitrogens with zero attached hydrogens (tertiary/aromatic N) is 1. The summed E-state index contributed by atoms with van der Waals surface area (Å²) in [5, 5.41) is 3.16. The molecular formula is C14H20N2O. The molecule has 0 radical (unpaired) electrons. The molecule has 1 fully saturated rings. The zero-order valence-corrected chi connectivity index (χ0v) is 10.4. The number of likely N-dealkylation sites (N-methyl/N-ethyl adjacent to an activating group) is 1. The topological polar surface area (TPSA) is 32.3 Å². The van der Waals surface area contributed by atoms with Crippen LogP contribution in [0.2, 0.25) is 0 Å². The number of para-hydroxylation sites is 1. The molecule has 1 N–H and O–H groups in total. The Labute approximate surface area is 103 Å². The Morgan fingerprint density at radius 1 is 1.29 bits per heavy atom. The molecule has 1 aliphatic rings. The van der Waals surface area contributed by atoms with E-state index in [1.165, 1.54) is 12.8 Å². The average molecular weight is 232 g/mol. The van der Waals surface area contributed by atoms with Crippen molar-refractivity contribution in [2.24, 2.45) is 0 Å². The third kappa shape index (κ3) is 3.22. The highest BCUT2D eigenvalue weighted by Gasteiger charge is 2.22. The van der Waals surface area contributed by atoms with Gasteiger partial charge in [0.15, 0.2) is 0 Å². The van der Waals surface area contributed by atoms with Crippen LogP contribution in [-0.2, 0) is 4.79 Å². The summed E-state index contributed by atoms with van der Waals surface area (Å²) in [5.41, 5.74) is 1.00. The van der Waals surface area contributed by atoms with E-state index in [0.717, 1.165) is 18.5 Å². The first kappa shape index (κ1) is 12.0. The van der Waals surface area contributed by atoms with Crippen LogP contribution in [-0.4, -0.2) is 30.4 Å². The first-order valence-corrected chi connectivity index (χ1v) is 6.32. The summed E-state index contributed by atoms with van der Waals surface area (Å²) >= 11 is 0. The summed E-state index contributed by atoms with van der Waals surface area (Å²) in [7, 11) is 1.92. The number of carbonyl (C=O) groups is 1. The van der Waals surface area contributed by atoms with E-state index >= 15 is 0 Å². The molecule has 3 nitrogen and oxygen atoms in total. The predicted octanol–water partition coefficient (Wildman–Crippen LogP) is 2.50. The van der Waals surface area contributed by atoms with Crippen LogP contribution in [0.5, 0.6) is 0 Å². The minimum absolute atomic E-state index is 0.181. The van der Waals surface area contributed by atoms with Crippen LogP contribution in [0.4, 0.5) is 5.69 Å². The zero-order valence-electron chi connectivity index (χ0n) is 10.4. The standard InChI is InChI=1S/C14H20N2O/c1-16(13-9-5-6-10-13)14(17)11-15-12-7-3-2-4-8-12/h2-4,7-8,13,15H,5-6,9-11H2,1H3. The fourth-order valence-electron chi connectivity index (χ4n) is 2.35. The smallest absolute Gasteiger partial charge is 0.241 e. The van der Waals surface area contributed by atoms with Gasteiger partial charge < -0.3 is 10.2 Å². The third-order valence-electron chi connectivity index (χ3n) is 3.48. The van der Waals surface area contributed by atoms with Gasteiger partial charge in [-0.2, -0.15) is 0 Å². The molecule has 0 aromatic heterocycles. The molecule has 0 unspecified atom stereocenters. The molecule has 3 heteroatoms. The van der Waals surface area contributed by atoms with Crippen molar-refractivity contribution in [1.82, 2.24) is 4.90 Å². The minimum Gasteiger partial charge on any atom is -0.376 e. The van der Waals surface area contributed by atoms with Crippen molar-refractivity contribution in [3.8, 4) is 0 Å². The molecule has 0 spiro atoms. The molecule has 0 saturated heterocycles. The van der Waals surface area contributed by atoms with Crippen LogP contribution in [0.1, 0.15) is 25.7 Å². The summed E-state index contributed by atoms with van der Waals surface area (Å²) in [6.07, 6.45) is 4.84. The second-order valence-corrected chi connectivity index (χ2v) is 4.66. The molecule has 1 aromatic carbocycles. The van der Waals surface area contributed by atoms with Crippen molar-refractivity contribution >= 4 is 11.6 Å². The predicted molar refractivity (Wildman–Crippen MR) is 70.0 cm³/mol. The monoisotopic (exact) mass is 232 g/mol. The van der Waals surface area contributed by atoms with Gasteiger partial charge in [-0.3, -0.25) is 4.79 Å². The van der Waals surface area contributed by atoms with Gasteiger partial charge in [0.25, 0.3) is 0 Å². The molecule has 0 aliphatic heterocycles. The molecule has 92 valence electrons. The zero-order chi connectivity index (χ0) is 12.1. The van der Waals surface area contributed by atoms with Crippen LogP contribution in [0.25, 0.3) is 0 Å². The maximum absolute atomic E-state index is 12.0. The first-order valence-electron chi connectivity index (χ1n) is 6.32. The summed E-state index contributed by atoms with van der Waals surface area (Å²) in [5.74, 6) is 0.181. The molecule has 1 saturated carbocycles. The number of hydrogen-bond donors (Lipinski definition) is 1. The minimum atomic E-state index is 0.181. The second kappa shape index (κ2) is 5.71. The number of benzene rings is 1. The summed E-state index contributed by atoms with van der Waals surface area (Å²) in [6, 6.07) is 10.3. The lowest BCUT2D eigenvalue weighted by Crippen LogP contribution is -2.38. The Morgan fingerprint density at radius 2 is 1.94 bits per heavy atom. The lowest BCUT2D eigenvalue weighted by molar-refractivity contribution is -0.129. The largest absolute Gasteiger partial charge is 0.376 e. The molecule has 17 heavy (non-hydrogen) atoms. The van der Waals surface area contributed by atoms with E-state index in [2.05, 4.69) is 5.32 Å². The van der Waals surface area contributed by atoms with Crippen molar-refractivity contribution in [1.29, 1.82) is 0 Å². The number of rotatable bonds is 4. The quantitative estimate of drug-likeness (QED) is 0.865. The molecule has 2 rings (SSSR count). The van der Waals surface area contributed by atoms with E-state index in [1.54, 1.807) is 0 Å². The van der Waals surface area contributed by atoms with E-state index in [9.17, 15) is 4.79 Å². The fourth-order valence-corrected chi connectivity index (χ4v) is 2.35. The number of nitrogens with one attached hydrogen (secondary N) is 1. The van der Waals surface area contributed by atoms with Gasteiger partial charge in [0.2, 0.25) is 5.91 Å². The fraction of sp³-hybridized carbons (Fsp3) is 0.500. The first-order chi connectivity index (χ1) is 8.27. The molecular weight excluding hydrogens is 212 g/mol. The number of hydrogen-bond acceptors (Lipinski definition) is 2. The second-order valence-electron chi connectivity index (χ2n) is 4.66. The van der Waals surface area contributed by atoms with E-state index < -0.39 is 0 Å². The number of amides is 1. The maximum Gasteiger partial charge on any atom is 0.241 e. The van der Waals surface area contributed by atoms with Gasteiger partial charge >= 0.3 is 0 Å². The maximum atomic E-state index is 12.0. The SMILES string of the molecule is CN(C(=O)CNc1ccccc1)C1CCCC1. The Kier molecular flexibility index (Phi) is 4.02. The molecule has 0 bridgehead atoms. The molecule has 1 aromatic rings. The lowest BCUT2D eigenvalue weighted by atomic mass is 10.2. The van der Waals surface area contributed by atoms with Gasteiger partial charge in [-0.15, -0.1) is 0 Å². The van der Waals surface area contributed by atoms with E-state index in [-0.39, 0.29) is 5.91 Å². The molecule has 0 atom stereocenters. The Morgan fingerprint density at radius 3 is 2.59 bits per heavy atom. The van der Waals surface area contributed by atoms with Crippen molar-refractivity contribution in [2.45, 2.75) is 31.7 Å². The van der Waals surface area contributed by atoms with Crippen molar-refractivity contribution in [3.05, 3.63) is 30.3 Å². The normalized spacial score (nSPS) is 15.8. The summed E-state index contributed by atoms with van der Waals surface area (Å²) in [4.78, 5) is 13.9. The highest BCUT2D eigenvalue weighted by atomic mass is 16.2. The van der Waals surface area contributed by atoms with Gasteiger partial charge in [-0.25, -0.2) is 0 Å². The summed E-state index contributed by atoms with van der Waals surface area (Å²) in [6.45, 7) is 0.386. The molecule has 0 heterocycles. The molecule has 1 amide bonds. The molecule has 1 aliphatic carbocycles. The highest BCUT2D eigenvalue weighted by Crippen LogP contribution is 2.22. The van der Waals surface area contributed by atoms with E-state index in [4.69, 9.17) is 0 Å². The number of carbonyl (C=O) groups excluding carboxylic acids is 1. The average Bonchev–Trinajstić information content (AvgIpc) is 2.90. The van der Waals surface area contributed by atoms with Gasteiger partial charge in [0.05, 0.1) is 6.54 Å². The lowest BCUT2D eigenvalue weighted by Gasteiger charge is -2.24. The van der Waals surface area contributed by atoms with Gasteiger partial charge in [0, 0.05) is 18.8 Å².